The molecular weight excluding hydrogens is 517 g/mol. The summed E-state index contributed by atoms with van der Waals surface area (Å²) in [6.07, 6.45) is 8.27. The van der Waals surface area contributed by atoms with Crippen LogP contribution >= 0.6 is 20.5 Å². The van der Waals surface area contributed by atoms with E-state index in [1.54, 1.807) is 0 Å². The maximum Gasteiger partial charge on any atom is 1.00 e. The van der Waals surface area contributed by atoms with Crippen LogP contribution in [0.4, 0.5) is 0 Å². The van der Waals surface area contributed by atoms with Crippen LogP contribution in [-0.4, -0.2) is 36.4 Å². The van der Waals surface area contributed by atoms with E-state index in [1.165, 1.54) is 6.92 Å². The van der Waals surface area contributed by atoms with E-state index in [2.05, 4.69) is 53.7 Å². The van der Waals surface area contributed by atoms with E-state index >= 15 is 0 Å². The van der Waals surface area contributed by atoms with Gasteiger partial charge >= 0.3 is 71.1 Å². The molecule has 0 amide bonds. The molecule has 0 bridgehead atoms. The minimum absolute atomic E-state index is 0. The third-order valence-electron chi connectivity index (χ3n) is 3.09. The summed E-state index contributed by atoms with van der Waals surface area (Å²) in [5.41, 5.74) is 0. The van der Waals surface area contributed by atoms with Crippen LogP contribution in [0.5, 0.6) is 0 Å². The number of ether oxygens (including phenoxy) is 2. The summed E-state index contributed by atoms with van der Waals surface area (Å²) in [6.45, 7) is 2.14. The van der Waals surface area contributed by atoms with Crippen LogP contribution in [-0.2, 0) is 32.9 Å². The second-order valence-corrected chi connectivity index (χ2v) is 7.81. The SMILES string of the molecule is C#CC#CC#CC#CC(=O)OC[C@@H](COP(=O)([O-])[O-])OC(=O)CCCCCCC.CC(=O)S.[HH].[HH].[HH].[HH].[HH].[HH].[HH].[Na+].[Na+]. The Kier molecular flexibility index (Phi) is 33.0. The summed E-state index contributed by atoms with van der Waals surface area (Å²) < 4.78 is 24.5. The van der Waals surface area contributed by atoms with Gasteiger partial charge in [-0.25, -0.2) is 4.79 Å². The molecule has 0 rings (SSSR count). The summed E-state index contributed by atoms with van der Waals surface area (Å²) in [5, 5.41) is -0.139. The van der Waals surface area contributed by atoms with Crippen LogP contribution in [0.15, 0.2) is 0 Å². The van der Waals surface area contributed by atoms with E-state index < -0.39 is 39.1 Å². The maximum atomic E-state index is 11.8. The number of hydrogen-bond donors (Lipinski definition) is 1. The van der Waals surface area contributed by atoms with Gasteiger partial charge in [0, 0.05) is 29.3 Å². The van der Waals surface area contributed by atoms with E-state index in [1.807, 2.05) is 11.8 Å². The van der Waals surface area contributed by atoms with Crippen molar-refractivity contribution < 1.29 is 112 Å². The predicted octanol–water partition coefficient (Wildman–Crippen LogP) is -3.52. The number of hydrogen-bond acceptors (Lipinski definition) is 9. The second kappa shape index (κ2) is 27.9. The van der Waals surface area contributed by atoms with Gasteiger partial charge in [0.05, 0.1) is 14.4 Å². The number of phosphoric acid groups is 1. The van der Waals surface area contributed by atoms with Crippen molar-refractivity contribution in [2.75, 3.05) is 13.2 Å². The molecule has 0 saturated heterocycles. The number of esters is 2. The van der Waals surface area contributed by atoms with Crippen molar-refractivity contribution in [1.29, 1.82) is 0 Å². The Labute approximate surface area is 267 Å². The molecule has 0 radical (unpaired) electrons. The summed E-state index contributed by atoms with van der Waals surface area (Å²) >= 11 is 3.33. The second-order valence-electron chi connectivity index (χ2n) is 6.03. The van der Waals surface area contributed by atoms with E-state index in [0.29, 0.717) is 6.42 Å². The fourth-order valence-corrected chi connectivity index (χ4v) is 2.17. The number of carbonyl (C=O) groups excluding carboxylic acids is 3. The fourth-order valence-electron chi connectivity index (χ4n) is 1.83. The van der Waals surface area contributed by atoms with E-state index in [-0.39, 0.29) is 80.6 Å². The Morgan fingerprint density at radius 1 is 1.00 bits per heavy atom. The van der Waals surface area contributed by atoms with Crippen molar-refractivity contribution in [3.05, 3.63) is 0 Å². The molecule has 0 aliphatic heterocycles. The first-order valence-corrected chi connectivity index (χ1v) is 11.6. The zero-order chi connectivity index (χ0) is 25.5. The first-order valence-electron chi connectivity index (χ1n) is 9.70. The molecule has 0 unspecified atom stereocenters. The van der Waals surface area contributed by atoms with Gasteiger partial charge in [-0.2, -0.15) is 0 Å². The summed E-state index contributed by atoms with van der Waals surface area (Å²) in [7, 11) is -5.28. The number of unbranched alkanes of at least 4 members (excludes halogenated alkanes) is 4. The average molecular weight is 557 g/mol. The minimum Gasteiger partial charge on any atom is -0.790 e. The number of phosphoric ester groups is 1. The van der Waals surface area contributed by atoms with Crippen LogP contribution < -0.4 is 68.9 Å². The molecule has 0 aromatic rings. The molecule has 0 aliphatic rings. The Bertz CT molecular complexity index is 932. The van der Waals surface area contributed by atoms with Gasteiger partial charge in [0.15, 0.2) is 11.2 Å². The van der Waals surface area contributed by atoms with Crippen molar-refractivity contribution in [1.82, 2.24) is 0 Å². The van der Waals surface area contributed by atoms with Crippen LogP contribution in [0.2, 0.25) is 0 Å². The van der Waals surface area contributed by atoms with Gasteiger partial charge in [0.2, 0.25) is 0 Å². The molecule has 35 heavy (non-hydrogen) atoms. The monoisotopic (exact) mass is 556 g/mol. The summed E-state index contributed by atoms with van der Waals surface area (Å²) in [4.78, 5) is 53.9. The normalized spacial score (nSPS) is 9.49. The molecule has 0 aromatic heterocycles. The number of terminal acetylenes is 1. The number of carbonyl (C=O) groups is 3. The molecule has 0 fully saturated rings. The molecule has 194 valence electrons. The molecule has 13 heteroatoms. The minimum atomic E-state index is -5.28. The van der Waals surface area contributed by atoms with E-state index in [4.69, 9.17) is 15.9 Å². The standard InChI is InChI=1S/C20H23O8P.C2H4OS.2Na.7H2/c1-3-5-7-9-11-12-14-19(21)26-16-18(17-27-29(23,24)25)28-20(22)15-13-10-8-6-4-2;1-2(3)4;;;;;;;;;/h1,18H,4,6,8,10,13,15-17H2,2H3,(H2,23,24,25);1H3,(H,3,4);;;7*1H/q;;2*+1;;;;;;;/p-2/t18-;;;;;;;;;;/m0........../s1. The Morgan fingerprint density at radius 2 is 1.54 bits per heavy atom. The van der Waals surface area contributed by atoms with Crippen molar-refractivity contribution in [2.24, 2.45) is 0 Å². The predicted molar refractivity (Wildman–Crippen MR) is 134 cm³/mol. The van der Waals surface area contributed by atoms with Gasteiger partial charge in [-0.05, 0) is 41.9 Å². The topological polar surface area (TPSA) is 142 Å². The average Bonchev–Trinajstić information content (AvgIpc) is 2.71. The molecule has 0 N–H and O–H groups in total. The van der Waals surface area contributed by atoms with Gasteiger partial charge in [0.25, 0.3) is 0 Å². The largest absolute Gasteiger partial charge is 1.00 e. The number of rotatable bonds is 12. The van der Waals surface area contributed by atoms with Gasteiger partial charge in [-0.15, -0.1) is 19.1 Å². The molecule has 9 nitrogen and oxygen atoms in total. The van der Waals surface area contributed by atoms with Crippen LogP contribution in [0.25, 0.3) is 0 Å². The number of thiol groups is 1. The van der Waals surface area contributed by atoms with Crippen molar-refractivity contribution >= 4 is 37.5 Å². The van der Waals surface area contributed by atoms with E-state index in [9.17, 15) is 28.7 Å². The Balaban J connectivity index is -0.0000000769. The van der Waals surface area contributed by atoms with Crippen molar-refractivity contribution in [3.8, 4) is 47.9 Å². The van der Waals surface area contributed by atoms with Gasteiger partial charge < -0.3 is 28.3 Å². The smallest absolute Gasteiger partial charge is 0.790 e. The van der Waals surface area contributed by atoms with Gasteiger partial charge in [-0.3, -0.25) is 9.59 Å². The third-order valence-corrected chi connectivity index (χ3v) is 3.55. The summed E-state index contributed by atoms with van der Waals surface area (Å²) in [5.74, 6) is 13.6. The summed E-state index contributed by atoms with van der Waals surface area (Å²) in [6, 6.07) is 0. The zero-order valence-corrected chi connectivity index (χ0v) is 26.2. The molecule has 0 heterocycles. The third kappa shape index (κ3) is 38.0. The van der Waals surface area contributed by atoms with Crippen molar-refractivity contribution in [3.63, 3.8) is 0 Å². The molecule has 0 saturated carbocycles. The van der Waals surface area contributed by atoms with Crippen LogP contribution in [0.1, 0.15) is 62.4 Å². The zero-order valence-electron chi connectivity index (χ0n) is 20.4. The van der Waals surface area contributed by atoms with Crippen LogP contribution in [0.3, 0.4) is 0 Å². The Morgan fingerprint density at radius 3 is 2.09 bits per heavy atom. The molecule has 0 aliphatic carbocycles. The van der Waals surface area contributed by atoms with Crippen molar-refractivity contribution in [2.45, 2.75) is 58.5 Å². The molecule has 0 aromatic carbocycles. The first-order chi connectivity index (χ1) is 15.5. The first kappa shape index (κ1) is 41.4. The molecule has 0 spiro atoms. The molecule has 1 atom stereocenters. The maximum absolute atomic E-state index is 11.8. The van der Waals surface area contributed by atoms with Gasteiger partial charge in [0.1, 0.15) is 6.61 Å². The van der Waals surface area contributed by atoms with E-state index in [0.717, 1.165) is 25.7 Å². The van der Waals surface area contributed by atoms with Crippen LogP contribution in [0, 0.1) is 47.9 Å². The van der Waals surface area contributed by atoms with Gasteiger partial charge in [-0.1, -0.05) is 32.6 Å². The molecular formula is C22H39Na2O9PS. The Hall–Kier alpha value is -0.690. The fraction of sp³-hybridized carbons (Fsp3) is 0.500. The quantitative estimate of drug-likeness (QED) is 0.0493.